The van der Waals surface area contributed by atoms with Gasteiger partial charge in [0, 0.05) is 24.4 Å². The third-order valence-corrected chi connectivity index (χ3v) is 3.75. The Morgan fingerprint density at radius 2 is 2.04 bits per heavy atom. The van der Waals surface area contributed by atoms with Crippen molar-refractivity contribution >= 4 is 23.0 Å². The second kappa shape index (κ2) is 7.99. The summed E-state index contributed by atoms with van der Waals surface area (Å²) in [7, 11) is 0. The molecule has 0 spiro atoms. The number of aliphatic hydroxyl groups excluding tert-OH is 1. The topological polar surface area (TPSA) is 84.6 Å². The molecule has 0 aliphatic rings. The van der Waals surface area contributed by atoms with E-state index < -0.39 is 11.0 Å². The van der Waals surface area contributed by atoms with Crippen molar-refractivity contribution in [3.05, 3.63) is 57.6 Å². The van der Waals surface area contributed by atoms with E-state index in [1.807, 2.05) is 32.0 Å². The third kappa shape index (κ3) is 4.84. The number of anilines is 1. The van der Waals surface area contributed by atoms with Gasteiger partial charge in [-0.05, 0) is 31.0 Å². The van der Waals surface area contributed by atoms with Crippen LogP contribution in [0.15, 0.2) is 36.4 Å². The standard InChI is InChI=1S/C17H19ClN2O4/c1-11-3-4-12(2)17(5-11)24-16-7-13(19-10-15(21)9-18)6-14(8-16)20(22)23/h3-8,15,19,21H,9-10H2,1-2H3. The van der Waals surface area contributed by atoms with Crippen LogP contribution in [0.25, 0.3) is 0 Å². The maximum atomic E-state index is 11.1. The Morgan fingerprint density at radius 3 is 2.71 bits per heavy atom. The quantitative estimate of drug-likeness (QED) is 0.447. The maximum Gasteiger partial charge on any atom is 0.275 e. The number of nitrogens with one attached hydrogen (secondary N) is 1. The number of nitro benzene ring substituents is 1. The number of aryl methyl sites for hydroxylation is 2. The predicted octanol–water partition coefficient (Wildman–Crippen LogP) is 4.02. The van der Waals surface area contributed by atoms with Crippen LogP contribution in [0.2, 0.25) is 0 Å². The molecule has 1 atom stereocenters. The first-order valence-electron chi connectivity index (χ1n) is 7.41. The number of hydrogen-bond acceptors (Lipinski definition) is 5. The van der Waals surface area contributed by atoms with Gasteiger partial charge in [-0.15, -0.1) is 11.6 Å². The molecule has 0 bridgehead atoms. The number of hydrogen-bond donors (Lipinski definition) is 2. The SMILES string of the molecule is Cc1ccc(C)c(Oc2cc(NCC(O)CCl)cc([N+](=O)[O-])c2)c1. The van der Waals surface area contributed by atoms with Crippen molar-refractivity contribution in [1.82, 2.24) is 0 Å². The van der Waals surface area contributed by atoms with Crippen LogP contribution in [-0.4, -0.2) is 28.6 Å². The lowest BCUT2D eigenvalue weighted by Crippen LogP contribution is -2.20. The molecule has 0 aromatic heterocycles. The summed E-state index contributed by atoms with van der Waals surface area (Å²) in [6.07, 6.45) is -0.741. The molecule has 0 heterocycles. The van der Waals surface area contributed by atoms with Gasteiger partial charge in [-0.3, -0.25) is 10.1 Å². The maximum absolute atomic E-state index is 11.1. The second-order valence-electron chi connectivity index (χ2n) is 5.53. The lowest BCUT2D eigenvalue weighted by Gasteiger charge is -2.13. The van der Waals surface area contributed by atoms with Crippen LogP contribution in [0.3, 0.4) is 0 Å². The highest BCUT2D eigenvalue weighted by Crippen LogP contribution is 2.31. The number of aliphatic hydroxyl groups is 1. The molecule has 0 aliphatic carbocycles. The van der Waals surface area contributed by atoms with E-state index in [1.165, 1.54) is 12.1 Å². The van der Waals surface area contributed by atoms with Crippen molar-refractivity contribution in [3.63, 3.8) is 0 Å². The van der Waals surface area contributed by atoms with E-state index in [-0.39, 0.29) is 18.1 Å². The summed E-state index contributed by atoms with van der Waals surface area (Å²) < 4.78 is 5.82. The lowest BCUT2D eigenvalue weighted by molar-refractivity contribution is -0.384. The van der Waals surface area contributed by atoms with Crippen LogP contribution in [0, 0.1) is 24.0 Å². The van der Waals surface area contributed by atoms with E-state index in [0.717, 1.165) is 11.1 Å². The zero-order valence-corrected chi connectivity index (χ0v) is 14.2. The van der Waals surface area contributed by atoms with Crippen molar-refractivity contribution in [2.75, 3.05) is 17.7 Å². The van der Waals surface area contributed by atoms with Crippen LogP contribution < -0.4 is 10.1 Å². The molecule has 0 saturated carbocycles. The van der Waals surface area contributed by atoms with Gasteiger partial charge in [0.2, 0.25) is 0 Å². The first-order valence-corrected chi connectivity index (χ1v) is 7.95. The second-order valence-corrected chi connectivity index (χ2v) is 5.84. The van der Waals surface area contributed by atoms with Crippen LogP contribution in [-0.2, 0) is 0 Å². The lowest BCUT2D eigenvalue weighted by atomic mass is 10.1. The van der Waals surface area contributed by atoms with Gasteiger partial charge < -0.3 is 15.2 Å². The Balaban J connectivity index is 2.29. The van der Waals surface area contributed by atoms with E-state index in [4.69, 9.17) is 16.3 Å². The zero-order chi connectivity index (χ0) is 17.7. The van der Waals surface area contributed by atoms with Gasteiger partial charge in [-0.25, -0.2) is 0 Å². The minimum absolute atomic E-state index is 0.0772. The highest BCUT2D eigenvalue weighted by Gasteiger charge is 2.13. The third-order valence-electron chi connectivity index (χ3n) is 3.39. The number of ether oxygens (including phenoxy) is 1. The summed E-state index contributed by atoms with van der Waals surface area (Å²) in [5, 5.41) is 23.6. The number of non-ortho nitro benzene ring substituents is 1. The Labute approximate surface area is 145 Å². The van der Waals surface area contributed by atoms with Gasteiger partial charge in [-0.2, -0.15) is 0 Å². The fourth-order valence-corrected chi connectivity index (χ4v) is 2.19. The summed E-state index contributed by atoms with van der Waals surface area (Å²) in [5.41, 5.74) is 2.35. The predicted molar refractivity (Wildman–Crippen MR) is 94.3 cm³/mol. The molecule has 0 amide bonds. The highest BCUT2D eigenvalue weighted by atomic mass is 35.5. The highest BCUT2D eigenvalue weighted by molar-refractivity contribution is 6.18. The largest absolute Gasteiger partial charge is 0.457 e. The molecule has 1 unspecified atom stereocenters. The van der Waals surface area contributed by atoms with Gasteiger partial charge in [-0.1, -0.05) is 12.1 Å². The van der Waals surface area contributed by atoms with Crippen molar-refractivity contribution in [2.45, 2.75) is 20.0 Å². The zero-order valence-electron chi connectivity index (χ0n) is 13.5. The normalized spacial score (nSPS) is 11.8. The Kier molecular flexibility index (Phi) is 6.00. The van der Waals surface area contributed by atoms with E-state index in [2.05, 4.69) is 5.32 Å². The number of alkyl halides is 1. The van der Waals surface area contributed by atoms with Gasteiger partial charge in [0.1, 0.15) is 11.5 Å². The average molecular weight is 351 g/mol. The Morgan fingerprint density at radius 1 is 1.29 bits per heavy atom. The van der Waals surface area contributed by atoms with E-state index in [0.29, 0.717) is 17.2 Å². The smallest absolute Gasteiger partial charge is 0.275 e. The molecule has 0 saturated heterocycles. The molecule has 6 nitrogen and oxygen atoms in total. The molecule has 0 aliphatic heterocycles. The van der Waals surface area contributed by atoms with E-state index >= 15 is 0 Å². The number of benzene rings is 2. The minimum Gasteiger partial charge on any atom is -0.457 e. The fraction of sp³-hybridized carbons (Fsp3) is 0.294. The van der Waals surface area contributed by atoms with Crippen LogP contribution in [0.5, 0.6) is 11.5 Å². The molecule has 2 N–H and O–H groups in total. The number of rotatable bonds is 7. The molecular formula is C17H19ClN2O4. The molecule has 2 aromatic carbocycles. The first kappa shape index (κ1) is 18.0. The number of nitrogens with zero attached hydrogens (tertiary/aromatic N) is 1. The van der Waals surface area contributed by atoms with Gasteiger partial charge >= 0.3 is 0 Å². The summed E-state index contributed by atoms with van der Waals surface area (Å²) >= 11 is 5.55. The summed E-state index contributed by atoms with van der Waals surface area (Å²) in [6.45, 7) is 4.04. The molecule has 2 rings (SSSR count). The number of halogens is 1. The van der Waals surface area contributed by atoms with Crippen LogP contribution >= 0.6 is 11.6 Å². The van der Waals surface area contributed by atoms with Gasteiger partial charge in [0.05, 0.1) is 23.0 Å². The van der Waals surface area contributed by atoms with E-state index in [1.54, 1.807) is 6.07 Å². The van der Waals surface area contributed by atoms with Crippen molar-refractivity contribution < 1.29 is 14.8 Å². The van der Waals surface area contributed by atoms with Crippen molar-refractivity contribution in [2.24, 2.45) is 0 Å². The molecule has 7 heteroatoms. The van der Waals surface area contributed by atoms with Gasteiger partial charge in [0.25, 0.3) is 5.69 Å². The molecule has 128 valence electrons. The van der Waals surface area contributed by atoms with Crippen molar-refractivity contribution in [1.29, 1.82) is 0 Å². The molecule has 0 fully saturated rings. The monoisotopic (exact) mass is 350 g/mol. The van der Waals surface area contributed by atoms with E-state index in [9.17, 15) is 15.2 Å². The van der Waals surface area contributed by atoms with Crippen LogP contribution in [0.4, 0.5) is 11.4 Å². The summed E-state index contributed by atoms with van der Waals surface area (Å²) in [6, 6.07) is 10.2. The van der Waals surface area contributed by atoms with Crippen molar-refractivity contribution in [3.8, 4) is 11.5 Å². The number of nitro groups is 1. The fourth-order valence-electron chi connectivity index (χ4n) is 2.08. The average Bonchev–Trinajstić information content (AvgIpc) is 2.55. The molecule has 2 aromatic rings. The summed E-state index contributed by atoms with van der Waals surface area (Å²) in [5.74, 6) is 1.07. The molecular weight excluding hydrogens is 332 g/mol. The minimum atomic E-state index is -0.741. The molecule has 24 heavy (non-hydrogen) atoms. The van der Waals surface area contributed by atoms with Crippen LogP contribution in [0.1, 0.15) is 11.1 Å². The Bertz CT molecular complexity index is 737. The molecule has 0 radical (unpaired) electrons. The summed E-state index contributed by atoms with van der Waals surface area (Å²) in [4.78, 5) is 10.6. The van der Waals surface area contributed by atoms with Gasteiger partial charge in [0.15, 0.2) is 0 Å². The Hall–Kier alpha value is -2.31. The first-order chi connectivity index (χ1) is 11.4.